The average molecular weight is 520 g/mol. The Morgan fingerprint density at radius 3 is 2.53 bits per heavy atom. The lowest BCUT2D eigenvalue weighted by Crippen LogP contribution is -2.13. The minimum Gasteiger partial charge on any atom is -0.493 e. The summed E-state index contributed by atoms with van der Waals surface area (Å²) >= 11 is 12.4. The van der Waals surface area contributed by atoms with Crippen molar-refractivity contribution in [1.29, 1.82) is 0 Å². The number of halogens is 2. The summed E-state index contributed by atoms with van der Waals surface area (Å²) in [5, 5.41) is 4.00. The monoisotopic (exact) mass is 519 g/mol. The molecule has 1 atom stereocenters. The minimum atomic E-state index is -0.295. The van der Waals surface area contributed by atoms with Crippen LogP contribution in [0.3, 0.4) is 0 Å². The Kier molecular flexibility index (Phi) is 6.81. The molecule has 5 rings (SSSR count). The molecule has 2 heterocycles. The van der Waals surface area contributed by atoms with E-state index in [2.05, 4.69) is 22.2 Å². The first-order valence-corrected chi connectivity index (χ1v) is 12.3. The van der Waals surface area contributed by atoms with Crippen molar-refractivity contribution in [3.05, 3.63) is 93.7 Å². The van der Waals surface area contributed by atoms with Crippen LogP contribution in [0, 0.1) is 6.92 Å². The van der Waals surface area contributed by atoms with Gasteiger partial charge in [0.25, 0.3) is 5.91 Å². The maximum atomic E-state index is 12.9. The second-order valence-corrected chi connectivity index (χ2v) is 9.48. The number of rotatable bonds is 5. The summed E-state index contributed by atoms with van der Waals surface area (Å²) in [6.45, 7) is 4.61. The molecule has 36 heavy (non-hydrogen) atoms. The summed E-state index contributed by atoms with van der Waals surface area (Å²) in [7, 11) is 0. The quantitative estimate of drug-likeness (QED) is 0.292. The number of nitrogens with one attached hydrogen (secondary N) is 1. The Hall–Kier alpha value is -3.61. The van der Waals surface area contributed by atoms with Crippen molar-refractivity contribution >= 4 is 34.9 Å². The van der Waals surface area contributed by atoms with E-state index in [9.17, 15) is 4.79 Å². The molecular weight excluding hydrogens is 497 g/mol. The highest BCUT2D eigenvalue weighted by Gasteiger charge is 2.21. The number of hydrogen-bond donors (Lipinski definition) is 1. The van der Waals surface area contributed by atoms with Crippen molar-refractivity contribution in [3.63, 3.8) is 0 Å². The van der Waals surface area contributed by atoms with Gasteiger partial charge in [-0.3, -0.25) is 4.79 Å². The molecule has 0 aliphatic carbocycles. The number of fused-ring (bicyclic) bond motifs is 1. The van der Waals surface area contributed by atoms with Crippen LogP contribution >= 0.6 is 23.2 Å². The zero-order valence-corrected chi connectivity index (χ0v) is 21.2. The van der Waals surface area contributed by atoms with Crippen LogP contribution in [0.15, 0.2) is 66.7 Å². The van der Waals surface area contributed by atoms with Crippen molar-refractivity contribution in [2.45, 2.75) is 26.2 Å². The van der Waals surface area contributed by atoms with Crippen molar-refractivity contribution in [2.24, 2.45) is 0 Å². The highest BCUT2D eigenvalue weighted by molar-refractivity contribution is 6.32. The summed E-state index contributed by atoms with van der Waals surface area (Å²) in [6.07, 6.45) is 0.962. The number of aromatic nitrogens is 2. The molecular formula is C28H23Cl2N3O3. The molecule has 0 saturated heterocycles. The Balaban J connectivity index is 1.30. The molecule has 1 aliphatic heterocycles. The number of nitrogens with zero attached hydrogens (tertiary/aromatic N) is 2. The summed E-state index contributed by atoms with van der Waals surface area (Å²) in [4.78, 5) is 21.7. The van der Waals surface area contributed by atoms with E-state index >= 15 is 0 Å². The maximum Gasteiger partial charge on any atom is 0.256 e. The fourth-order valence-corrected chi connectivity index (χ4v) is 4.37. The van der Waals surface area contributed by atoms with Gasteiger partial charge in [0, 0.05) is 28.3 Å². The highest BCUT2D eigenvalue weighted by atomic mass is 35.5. The Morgan fingerprint density at radius 2 is 1.78 bits per heavy atom. The van der Waals surface area contributed by atoms with E-state index in [1.165, 1.54) is 0 Å². The second-order valence-electron chi connectivity index (χ2n) is 8.63. The van der Waals surface area contributed by atoms with Gasteiger partial charge in [-0.25, -0.2) is 9.97 Å². The summed E-state index contributed by atoms with van der Waals surface area (Å²) in [6, 6.07) is 19.6. The van der Waals surface area contributed by atoms with Gasteiger partial charge in [0.1, 0.15) is 28.9 Å². The number of carbonyl (C=O) groups is 1. The van der Waals surface area contributed by atoms with Crippen LogP contribution in [0.2, 0.25) is 10.0 Å². The third-order valence-electron chi connectivity index (χ3n) is 5.97. The number of carbonyl (C=O) groups excluding carboxylic acids is 1. The van der Waals surface area contributed by atoms with Crippen LogP contribution in [0.5, 0.6) is 17.2 Å². The van der Waals surface area contributed by atoms with Gasteiger partial charge in [-0.15, -0.1) is 0 Å². The maximum absolute atomic E-state index is 12.9. The first-order valence-electron chi connectivity index (χ1n) is 11.5. The van der Waals surface area contributed by atoms with E-state index in [0.29, 0.717) is 57.0 Å². The molecule has 0 saturated carbocycles. The van der Waals surface area contributed by atoms with Gasteiger partial charge in [-0.1, -0.05) is 42.3 Å². The fourth-order valence-electron chi connectivity index (χ4n) is 4.03. The number of anilines is 1. The van der Waals surface area contributed by atoms with Gasteiger partial charge < -0.3 is 14.8 Å². The molecule has 0 radical (unpaired) electrons. The lowest BCUT2D eigenvalue weighted by atomic mass is 9.95. The fraction of sp³-hybridized carbons (Fsp3) is 0.179. The second kappa shape index (κ2) is 10.2. The molecule has 1 aliphatic rings. The van der Waals surface area contributed by atoms with E-state index < -0.39 is 0 Å². The molecule has 182 valence electrons. The first-order chi connectivity index (χ1) is 17.4. The molecule has 4 aromatic rings. The summed E-state index contributed by atoms with van der Waals surface area (Å²) in [5.41, 5.74) is 3.12. The third-order valence-corrected chi connectivity index (χ3v) is 6.51. The summed E-state index contributed by atoms with van der Waals surface area (Å²) < 4.78 is 11.8. The van der Waals surface area contributed by atoms with Crippen LogP contribution in [0.25, 0.3) is 11.3 Å². The third kappa shape index (κ3) is 5.30. The van der Waals surface area contributed by atoms with Crippen molar-refractivity contribution in [2.75, 3.05) is 11.9 Å². The van der Waals surface area contributed by atoms with Crippen LogP contribution in [-0.2, 0) is 0 Å². The van der Waals surface area contributed by atoms with E-state index in [1.807, 2.05) is 24.3 Å². The Bertz CT molecular complexity index is 1420. The van der Waals surface area contributed by atoms with Gasteiger partial charge in [0.15, 0.2) is 0 Å². The smallest absolute Gasteiger partial charge is 0.256 e. The Labute approximate surface area is 219 Å². The van der Waals surface area contributed by atoms with Crippen LogP contribution in [0.1, 0.15) is 41.0 Å². The van der Waals surface area contributed by atoms with Crippen molar-refractivity contribution in [1.82, 2.24) is 9.97 Å². The molecule has 0 bridgehead atoms. The van der Waals surface area contributed by atoms with E-state index in [0.717, 1.165) is 23.3 Å². The van der Waals surface area contributed by atoms with Gasteiger partial charge >= 0.3 is 0 Å². The zero-order valence-electron chi connectivity index (χ0n) is 19.7. The molecule has 6 nitrogen and oxygen atoms in total. The van der Waals surface area contributed by atoms with Gasteiger partial charge in [0.2, 0.25) is 0 Å². The molecule has 8 heteroatoms. The predicted molar refractivity (Wildman–Crippen MR) is 142 cm³/mol. The molecule has 1 unspecified atom stereocenters. The van der Waals surface area contributed by atoms with Gasteiger partial charge in [-0.2, -0.15) is 0 Å². The number of benzene rings is 3. The average Bonchev–Trinajstić information content (AvgIpc) is 2.86. The minimum absolute atomic E-state index is 0.295. The van der Waals surface area contributed by atoms with Crippen LogP contribution < -0.4 is 14.8 Å². The van der Waals surface area contributed by atoms with E-state index in [-0.39, 0.29) is 5.91 Å². The lowest BCUT2D eigenvalue weighted by molar-refractivity contribution is 0.102. The number of hydrogen-bond acceptors (Lipinski definition) is 5. The number of ether oxygens (including phenoxy) is 2. The van der Waals surface area contributed by atoms with E-state index in [1.54, 1.807) is 49.4 Å². The normalized spacial score (nSPS) is 14.5. The molecule has 1 N–H and O–H groups in total. The SMILES string of the molecule is Cc1nc(NC(=O)c2ccc(Oc3cc4c(cc3Cl)C(C)CCO4)cc2)cc(-c2ccc(Cl)cc2)n1. The summed E-state index contributed by atoms with van der Waals surface area (Å²) in [5.74, 6) is 2.90. The van der Waals surface area contributed by atoms with E-state index in [4.69, 9.17) is 32.7 Å². The van der Waals surface area contributed by atoms with Gasteiger partial charge in [0.05, 0.1) is 17.3 Å². The van der Waals surface area contributed by atoms with Crippen molar-refractivity contribution < 1.29 is 14.3 Å². The first kappa shape index (κ1) is 24.1. The highest BCUT2D eigenvalue weighted by Crippen LogP contribution is 2.41. The molecule has 1 amide bonds. The number of amides is 1. The van der Waals surface area contributed by atoms with Crippen LogP contribution in [0.4, 0.5) is 5.82 Å². The standard InChI is InChI=1S/C28H23Cl2N3O3/c1-16-11-12-35-25-15-26(23(30)13-22(16)25)36-21-9-5-19(6-10-21)28(34)33-27-14-24(31-17(2)32-27)18-3-7-20(29)8-4-18/h3-10,13-16H,11-12H2,1-2H3,(H,31,32,33,34). The number of aryl methyl sites for hydroxylation is 1. The predicted octanol–water partition coefficient (Wildman–Crippen LogP) is 7.69. The zero-order chi connectivity index (χ0) is 25.2. The topological polar surface area (TPSA) is 73.3 Å². The molecule has 3 aromatic carbocycles. The molecule has 1 aromatic heterocycles. The largest absolute Gasteiger partial charge is 0.493 e. The molecule has 0 fully saturated rings. The Morgan fingerprint density at radius 1 is 1.03 bits per heavy atom. The van der Waals surface area contributed by atoms with Gasteiger partial charge in [-0.05, 0) is 67.3 Å². The molecule has 0 spiro atoms. The van der Waals surface area contributed by atoms with Crippen LogP contribution in [-0.4, -0.2) is 22.5 Å². The van der Waals surface area contributed by atoms with Crippen molar-refractivity contribution in [3.8, 4) is 28.5 Å². The lowest BCUT2D eigenvalue weighted by Gasteiger charge is -2.24.